The van der Waals surface area contributed by atoms with Crippen molar-refractivity contribution < 1.29 is 5.11 Å². The van der Waals surface area contributed by atoms with Crippen LogP contribution in [0.15, 0.2) is 24.0 Å². The average molecular weight is 237 g/mol. The van der Waals surface area contributed by atoms with Gasteiger partial charge in [-0.3, -0.25) is 0 Å². The molecule has 1 aliphatic rings. The maximum atomic E-state index is 9.86. The molecule has 0 aromatic carbocycles. The Hall–Kier alpha value is -0.760. The van der Waals surface area contributed by atoms with Crippen molar-refractivity contribution in [2.45, 2.75) is 27.2 Å². The molecular formula is C15H27NO. The average Bonchev–Trinajstić information content (AvgIpc) is 2.24. The molecule has 2 heteroatoms. The third kappa shape index (κ3) is 3.60. The second-order valence-corrected chi connectivity index (χ2v) is 5.65. The van der Waals surface area contributed by atoms with Crippen LogP contribution in [0.3, 0.4) is 0 Å². The van der Waals surface area contributed by atoms with E-state index in [1.165, 1.54) is 6.42 Å². The molecule has 1 N–H and O–H groups in total. The Balaban J connectivity index is 2.74. The molecule has 0 spiro atoms. The number of aliphatic hydroxyl groups is 1. The van der Waals surface area contributed by atoms with Crippen molar-refractivity contribution in [2.75, 3.05) is 20.6 Å². The van der Waals surface area contributed by atoms with Crippen LogP contribution in [0.2, 0.25) is 0 Å². The van der Waals surface area contributed by atoms with Crippen molar-refractivity contribution in [1.29, 1.82) is 0 Å². The van der Waals surface area contributed by atoms with Gasteiger partial charge in [-0.25, -0.2) is 0 Å². The van der Waals surface area contributed by atoms with Crippen LogP contribution in [-0.4, -0.2) is 30.6 Å². The second-order valence-electron chi connectivity index (χ2n) is 5.65. The number of nitrogens with zero attached hydrogens (tertiary/aromatic N) is 1. The minimum atomic E-state index is 0.259. The van der Waals surface area contributed by atoms with Crippen molar-refractivity contribution >= 4 is 0 Å². The van der Waals surface area contributed by atoms with Crippen LogP contribution in [0.5, 0.6) is 0 Å². The Morgan fingerprint density at radius 3 is 2.59 bits per heavy atom. The quantitative estimate of drug-likeness (QED) is 0.791. The molecular weight excluding hydrogens is 210 g/mol. The molecule has 0 heterocycles. The molecule has 0 aromatic heterocycles. The summed E-state index contributed by atoms with van der Waals surface area (Å²) in [6.45, 7) is 7.82. The van der Waals surface area contributed by atoms with Crippen LogP contribution in [0.25, 0.3) is 0 Å². The summed E-state index contributed by atoms with van der Waals surface area (Å²) < 4.78 is 0. The number of allylic oxidation sites excluding steroid dienone is 4. The molecule has 0 aliphatic heterocycles. The molecule has 2 nitrogen and oxygen atoms in total. The molecule has 1 rings (SSSR count). The molecule has 17 heavy (non-hydrogen) atoms. The van der Waals surface area contributed by atoms with Gasteiger partial charge >= 0.3 is 0 Å². The topological polar surface area (TPSA) is 23.5 Å². The summed E-state index contributed by atoms with van der Waals surface area (Å²) in [6, 6.07) is 0. The van der Waals surface area contributed by atoms with E-state index in [1.807, 2.05) is 12.2 Å². The maximum absolute atomic E-state index is 9.86. The minimum absolute atomic E-state index is 0.259. The van der Waals surface area contributed by atoms with Crippen LogP contribution in [0, 0.1) is 23.7 Å². The largest absolute Gasteiger partial charge is 0.512 e. The van der Waals surface area contributed by atoms with E-state index in [4.69, 9.17) is 0 Å². The first-order chi connectivity index (χ1) is 7.97. The van der Waals surface area contributed by atoms with Gasteiger partial charge in [0, 0.05) is 12.5 Å². The third-order valence-electron chi connectivity index (χ3n) is 3.99. The van der Waals surface area contributed by atoms with Gasteiger partial charge < -0.3 is 10.0 Å². The Labute approximate surface area is 106 Å². The molecule has 0 amide bonds. The third-order valence-corrected chi connectivity index (χ3v) is 3.99. The molecule has 0 radical (unpaired) electrons. The van der Waals surface area contributed by atoms with E-state index < -0.39 is 0 Å². The van der Waals surface area contributed by atoms with Gasteiger partial charge in [0.2, 0.25) is 0 Å². The van der Waals surface area contributed by atoms with E-state index in [-0.39, 0.29) is 5.92 Å². The summed E-state index contributed by atoms with van der Waals surface area (Å²) in [6.07, 6.45) is 7.27. The van der Waals surface area contributed by atoms with E-state index >= 15 is 0 Å². The van der Waals surface area contributed by atoms with Crippen LogP contribution < -0.4 is 0 Å². The highest BCUT2D eigenvalue weighted by Crippen LogP contribution is 2.36. The van der Waals surface area contributed by atoms with Gasteiger partial charge in [-0.15, -0.1) is 0 Å². The Morgan fingerprint density at radius 1 is 1.41 bits per heavy atom. The summed E-state index contributed by atoms with van der Waals surface area (Å²) in [4.78, 5) is 2.25. The lowest BCUT2D eigenvalue weighted by Gasteiger charge is -2.35. The van der Waals surface area contributed by atoms with Crippen molar-refractivity contribution in [3.05, 3.63) is 24.0 Å². The van der Waals surface area contributed by atoms with Crippen molar-refractivity contribution in [2.24, 2.45) is 23.7 Å². The van der Waals surface area contributed by atoms with Crippen LogP contribution in [0.1, 0.15) is 27.2 Å². The first kappa shape index (κ1) is 14.3. The summed E-state index contributed by atoms with van der Waals surface area (Å²) in [5.74, 6) is 2.56. The van der Waals surface area contributed by atoms with Crippen molar-refractivity contribution in [3.63, 3.8) is 0 Å². The molecule has 0 aromatic rings. The van der Waals surface area contributed by atoms with E-state index in [1.54, 1.807) is 0 Å². The standard InChI is InChI=1S/C15H27NO/c1-6-13(11(2)10-16(4)5)14-8-7-9-15(17)12(14)3/h7-9,11-14,17H,6,10H2,1-5H3/t11-,12?,13+,14?/m0/s1. The summed E-state index contributed by atoms with van der Waals surface area (Å²) in [5, 5.41) is 9.86. The van der Waals surface area contributed by atoms with E-state index in [9.17, 15) is 5.11 Å². The number of hydrogen-bond donors (Lipinski definition) is 1. The van der Waals surface area contributed by atoms with Crippen LogP contribution >= 0.6 is 0 Å². The Kier molecular flexibility index (Phi) is 5.26. The number of aliphatic hydroxyl groups excluding tert-OH is 1. The van der Waals surface area contributed by atoms with Gasteiger partial charge in [-0.05, 0) is 37.9 Å². The van der Waals surface area contributed by atoms with Gasteiger partial charge in [0.1, 0.15) is 0 Å². The maximum Gasteiger partial charge on any atom is 0.0956 e. The van der Waals surface area contributed by atoms with Gasteiger partial charge in [-0.1, -0.05) is 39.3 Å². The number of hydrogen-bond acceptors (Lipinski definition) is 2. The zero-order valence-electron chi connectivity index (χ0n) is 11.9. The normalized spacial score (nSPS) is 28.0. The molecule has 0 bridgehead atoms. The lowest BCUT2D eigenvalue weighted by Crippen LogP contribution is -2.32. The molecule has 0 fully saturated rings. The highest BCUT2D eigenvalue weighted by molar-refractivity contribution is 5.18. The number of rotatable bonds is 5. The zero-order valence-corrected chi connectivity index (χ0v) is 11.9. The van der Waals surface area contributed by atoms with Crippen LogP contribution in [-0.2, 0) is 0 Å². The predicted molar refractivity (Wildman–Crippen MR) is 74.0 cm³/mol. The van der Waals surface area contributed by atoms with E-state index in [2.05, 4.69) is 45.8 Å². The summed E-state index contributed by atoms with van der Waals surface area (Å²) >= 11 is 0. The van der Waals surface area contributed by atoms with Crippen molar-refractivity contribution in [3.8, 4) is 0 Å². The zero-order chi connectivity index (χ0) is 13.0. The summed E-state index contributed by atoms with van der Waals surface area (Å²) in [7, 11) is 4.25. The Morgan fingerprint density at radius 2 is 2.06 bits per heavy atom. The fraction of sp³-hybridized carbons (Fsp3) is 0.733. The highest BCUT2D eigenvalue weighted by atomic mass is 16.3. The lowest BCUT2D eigenvalue weighted by molar-refractivity contribution is 0.167. The second kappa shape index (κ2) is 6.25. The first-order valence-electron chi connectivity index (χ1n) is 6.69. The van der Waals surface area contributed by atoms with E-state index in [0.717, 1.165) is 6.54 Å². The molecule has 0 saturated heterocycles. The first-order valence-corrected chi connectivity index (χ1v) is 6.69. The molecule has 1 aliphatic carbocycles. The molecule has 2 unspecified atom stereocenters. The summed E-state index contributed by atoms with van der Waals surface area (Å²) in [5.41, 5.74) is 0. The van der Waals surface area contributed by atoms with Gasteiger partial charge in [0.15, 0.2) is 0 Å². The Bertz CT molecular complexity index is 293. The van der Waals surface area contributed by atoms with E-state index in [0.29, 0.717) is 23.5 Å². The SMILES string of the molecule is CC[C@@H](C1C=CC=C(O)C1C)[C@@H](C)CN(C)C. The highest BCUT2D eigenvalue weighted by Gasteiger charge is 2.30. The molecule has 98 valence electrons. The molecule has 4 atom stereocenters. The smallest absolute Gasteiger partial charge is 0.0956 e. The monoisotopic (exact) mass is 237 g/mol. The fourth-order valence-electron chi connectivity index (χ4n) is 3.08. The van der Waals surface area contributed by atoms with Crippen molar-refractivity contribution in [1.82, 2.24) is 4.90 Å². The van der Waals surface area contributed by atoms with Gasteiger partial charge in [0.25, 0.3) is 0 Å². The molecule has 0 saturated carbocycles. The fourth-order valence-corrected chi connectivity index (χ4v) is 3.08. The predicted octanol–water partition coefficient (Wildman–Crippen LogP) is 3.47. The lowest BCUT2D eigenvalue weighted by atomic mass is 9.72. The van der Waals surface area contributed by atoms with Crippen LogP contribution in [0.4, 0.5) is 0 Å². The minimum Gasteiger partial charge on any atom is -0.512 e. The van der Waals surface area contributed by atoms with Gasteiger partial charge in [0.05, 0.1) is 5.76 Å². The van der Waals surface area contributed by atoms with Gasteiger partial charge in [-0.2, -0.15) is 0 Å².